The number of fused-ring (bicyclic) bond motifs is 1. The largest absolute Gasteiger partial charge is 0.350 e. The Bertz CT molecular complexity index is 1140. The maximum atomic E-state index is 13.2. The van der Waals surface area contributed by atoms with Crippen molar-refractivity contribution in [3.63, 3.8) is 0 Å². The number of carbonyl (C=O) groups is 2. The fourth-order valence-corrected chi connectivity index (χ4v) is 6.29. The summed E-state index contributed by atoms with van der Waals surface area (Å²) >= 11 is 0. The van der Waals surface area contributed by atoms with Crippen LogP contribution in [0.2, 0.25) is 0 Å². The highest BCUT2D eigenvalue weighted by Crippen LogP contribution is 2.32. The van der Waals surface area contributed by atoms with E-state index in [9.17, 15) is 18.0 Å². The number of aryl methyl sites for hydroxylation is 2. The molecular formula is C25H31N3O4S. The maximum Gasteiger partial charge on any atom is 0.243 e. The lowest BCUT2D eigenvalue weighted by molar-refractivity contribution is -0.124. The second-order valence-electron chi connectivity index (χ2n) is 8.99. The molecule has 0 spiro atoms. The van der Waals surface area contributed by atoms with Crippen molar-refractivity contribution in [1.82, 2.24) is 9.62 Å². The van der Waals surface area contributed by atoms with Crippen molar-refractivity contribution in [2.45, 2.75) is 63.4 Å². The molecule has 1 fully saturated rings. The van der Waals surface area contributed by atoms with E-state index >= 15 is 0 Å². The molecule has 7 nitrogen and oxygen atoms in total. The summed E-state index contributed by atoms with van der Waals surface area (Å²) < 4.78 is 28.0. The van der Waals surface area contributed by atoms with Gasteiger partial charge >= 0.3 is 0 Å². The Morgan fingerprint density at radius 1 is 1.09 bits per heavy atom. The predicted molar refractivity (Wildman–Crippen MR) is 127 cm³/mol. The van der Waals surface area contributed by atoms with Gasteiger partial charge in [0.2, 0.25) is 21.8 Å². The van der Waals surface area contributed by atoms with Crippen molar-refractivity contribution in [2.75, 3.05) is 18.0 Å². The smallest absolute Gasteiger partial charge is 0.243 e. The molecule has 0 aromatic heterocycles. The molecule has 2 aliphatic rings. The number of hydrogen-bond donors (Lipinski definition) is 1. The molecule has 0 bridgehead atoms. The Labute approximate surface area is 195 Å². The van der Waals surface area contributed by atoms with Gasteiger partial charge in [0.1, 0.15) is 6.54 Å². The molecule has 2 heterocycles. The lowest BCUT2D eigenvalue weighted by Crippen LogP contribution is -2.43. The lowest BCUT2D eigenvalue weighted by atomic mass is 10.0. The van der Waals surface area contributed by atoms with E-state index < -0.39 is 10.0 Å². The second-order valence-corrected chi connectivity index (χ2v) is 10.9. The standard InChI is InChI=1S/C25H31N3O4S/c1-18-6-8-20(9-7-18)16-26-24(29)17-27-23-12-11-22(15-21(23)10-13-25(27)30)33(31,32)28-14-4-3-5-19(28)2/h6-9,11-12,15,19H,3-5,10,13-14,16-17H2,1-2H3,(H,26,29)/t19-/m1/s1. The first kappa shape index (κ1) is 23.4. The summed E-state index contributed by atoms with van der Waals surface area (Å²) in [4.78, 5) is 26.9. The average Bonchev–Trinajstić information content (AvgIpc) is 2.80. The van der Waals surface area contributed by atoms with Crippen LogP contribution in [-0.4, -0.2) is 43.7 Å². The van der Waals surface area contributed by atoms with Gasteiger partial charge in [-0.25, -0.2) is 8.42 Å². The number of piperidine rings is 1. The number of sulfonamides is 1. The van der Waals surface area contributed by atoms with E-state index in [-0.39, 0.29) is 35.7 Å². The highest BCUT2D eigenvalue weighted by atomic mass is 32.2. The molecule has 1 atom stereocenters. The van der Waals surface area contributed by atoms with Gasteiger partial charge in [-0.1, -0.05) is 36.2 Å². The van der Waals surface area contributed by atoms with Crippen LogP contribution in [0.1, 0.15) is 49.3 Å². The van der Waals surface area contributed by atoms with E-state index in [4.69, 9.17) is 0 Å². The van der Waals surface area contributed by atoms with Crippen molar-refractivity contribution in [1.29, 1.82) is 0 Å². The summed E-state index contributed by atoms with van der Waals surface area (Å²) in [5.74, 6) is -0.385. The van der Waals surface area contributed by atoms with Gasteiger partial charge < -0.3 is 10.2 Å². The SMILES string of the molecule is Cc1ccc(CNC(=O)CN2C(=O)CCc3cc(S(=O)(=O)N4CCCC[C@H]4C)ccc32)cc1. The van der Waals surface area contributed by atoms with Crippen LogP contribution in [0.3, 0.4) is 0 Å². The van der Waals surface area contributed by atoms with Gasteiger partial charge in [0.15, 0.2) is 0 Å². The zero-order chi connectivity index (χ0) is 23.6. The van der Waals surface area contributed by atoms with E-state index in [0.717, 1.165) is 36.0 Å². The fraction of sp³-hybridized carbons (Fsp3) is 0.440. The quantitative estimate of drug-likeness (QED) is 0.704. The van der Waals surface area contributed by atoms with Crippen molar-refractivity contribution in [3.8, 4) is 0 Å². The summed E-state index contributed by atoms with van der Waals surface area (Å²) in [6, 6.07) is 12.8. The van der Waals surface area contributed by atoms with Crippen molar-refractivity contribution in [2.24, 2.45) is 0 Å². The van der Waals surface area contributed by atoms with Gasteiger partial charge in [0.05, 0.1) is 4.90 Å². The molecule has 2 aliphatic heterocycles. The topological polar surface area (TPSA) is 86.8 Å². The van der Waals surface area contributed by atoms with Crippen molar-refractivity contribution >= 4 is 27.5 Å². The Balaban J connectivity index is 1.49. The van der Waals surface area contributed by atoms with E-state index in [1.807, 2.05) is 38.1 Å². The molecule has 1 saturated heterocycles. The molecule has 8 heteroatoms. The number of amides is 2. The van der Waals surface area contributed by atoms with Crippen LogP contribution in [0.15, 0.2) is 47.4 Å². The summed E-state index contributed by atoms with van der Waals surface area (Å²) in [5, 5.41) is 2.87. The van der Waals surface area contributed by atoms with Crippen LogP contribution >= 0.6 is 0 Å². The second kappa shape index (κ2) is 9.65. The zero-order valence-corrected chi connectivity index (χ0v) is 20.0. The number of nitrogens with zero attached hydrogens (tertiary/aromatic N) is 2. The molecule has 4 rings (SSSR count). The Morgan fingerprint density at radius 2 is 1.85 bits per heavy atom. The van der Waals surface area contributed by atoms with Gasteiger partial charge in [-0.15, -0.1) is 0 Å². The summed E-state index contributed by atoms with van der Waals surface area (Å²) in [6.45, 7) is 4.79. The van der Waals surface area contributed by atoms with Crippen LogP contribution in [-0.2, 0) is 32.6 Å². The summed E-state index contributed by atoms with van der Waals surface area (Å²) in [7, 11) is -3.59. The Morgan fingerprint density at radius 3 is 2.58 bits per heavy atom. The minimum absolute atomic E-state index is 0.0184. The van der Waals surface area contributed by atoms with Crippen molar-refractivity contribution in [3.05, 3.63) is 59.2 Å². The molecule has 2 aromatic carbocycles. The Hall–Kier alpha value is -2.71. The minimum atomic E-state index is -3.59. The van der Waals surface area contributed by atoms with Crippen LogP contribution in [0.25, 0.3) is 0 Å². The number of anilines is 1. The van der Waals surface area contributed by atoms with E-state index in [1.54, 1.807) is 22.5 Å². The molecule has 2 amide bonds. The van der Waals surface area contributed by atoms with Gasteiger partial charge in [-0.05, 0) is 62.4 Å². The average molecular weight is 470 g/mol. The molecule has 0 radical (unpaired) electrons. The number of rotatable bonds is 6. The third-order valence-electron chi connectivity index (χ3n) is 6.51. The molecule has 0 saturated carbocycles. The van der Waals surface area contributed by atoms with Gasteiger partial charge in [0.25, 0.3) is 0 Å². The number of hydrogen-bond acceptors (Lipinski definition) is 4. The normalized spacial score (nSPS) is 19.3. The van der Waals surface area contributed by atoms with Gasteiger partial charge in [-0.3, -0.25) is 9.59 Å². The number of benzene rings is 2. The van der Waals surface area contributed by atoms with Crippen LogP contribution in [0, 0.1) is 6.92 Å². The molecule has 33 heavy (non-hydrogen) atoms. The predicted octanol–water partition coefficient (Wildman–Crippen LogP) is 3.15. The summed E-state index contributed by atoms with van der Waals surface area (Å²) in [5.41, 5.74) is 3.53. The van der Waals surface area contributed by atoms with Gasteiger partial charge in [0, 0.05) is 31.2 Å². The first-order chi connectivity index (χ1) is 15.8. The first-order valence-corrected chi connectivity index (χ1v) is 13.0. The van der Waals surface area contributed by atoms with E-state index in [1.165, 1.54) is 4.90 Å². The molecule has 176 valence electrons. The first-order valence-electron chi connectivity index (χ1n) is 11.5. The third kappa shape index (κ3) is 5.12. The molecule has 0 aliphatic carbocycles. The maximum absolute atomic E-state index is 13.2. The van der Waals surface area contributed by atoms with E-state index in [2.05, 4.69) is 5.32 Å². The molecular weight excluding hydrogens is 438 g/mol. The highest BCUT2D eigenvalue weighted by molar-refractivity contribution is 7.89. The summed E-state index contributed by atoms with van der Waals surface area (Å²) in [6.07, 6.45) is 3.50. The number of nitrogens with one attached hydrogen (secondary N) is 1. The fourth-order valence-electron chi connectivity index (χ4n) is 4.54. The monoisotopic (exact) mass is 469 g/mol. The van der Waals surface area contributed by atoms with E-state index in [0.29, 0.717) is 25.2 Å². The molecule has 2 aromatic rings. The lowest BCUT2D eigenvalue weighted by Gasteiger charge is -2.33. The molecule has 1 N–H and O–H groups in total. The van der Waals surface area contributed by atoms with Crippen LogP contribution in [0.5, 0.6) is 0 Å². The highest BCUT2D eigenvalue weighted by Gasteiger charge is 2.33. The molecule has 0 unspecified atom stereocenters. The van der Waals surface area contributed by atoms with Crippen molar-refractivity contribution < 1.29 is 18.0 Å². The number of carbonyl (C=O) groups excluding carboxylic acids is 2. The third-order valence-corrected chi connectivity index (χ3v) is 8.52. The zero-order valence-electron chi connectivity index (χ0n) is 19.2. The van der Waals surface area contributed by atoms with Crippen LogP contribution < -0.4 is 10.2 Å². The van der Waals surface area contributed by atoms with Gasteiger partial charge in [-0.2, -0.15) is 4.31 Å². The Kier molecular flexibility index (Phi) is 6.86. The van der Waals surface area contributed by atoms with Crippen LogP contribution in [0.4, 0.5) is 5.69 Å². The minimum Gasteiger partial charge on any atom is -0.350 e.